The van der Waals surface area contributed by atoms with Gasteiger partial charge in [0.15, 0.2) is 5.60 Å². The molecule has 2 atom stereocenters. The number of fused-ring (bicyclic) bond motifs is 5. The van der Waals surface area contributed by atoms with E-state index >= 15 is 0 Å². The van der Waals surface area contributed by atoms with Crippen molar-refractivity contribution < 1.29 is 31.7 Å². The van der Waals surface area contributed by atoms with Gasteiger partial charge in [0.05, 0.1) is 37.8 Å². The van der Waals surface area contributed by atoms with E-state index in [0.29, 0.717) is 33.5 Å². The Hall–Kier alpha value is -3.63. The molecule has 2 aliphatic rings. The lowest BCUT2D eigenvalue weighted by Crippen LogP contribution is -2.44. The average molecular weight is 483 g/mol. The summed E-state index contributed by atoms with van der Waals surface area (Å²) in [5.74, 6) is -2.63. The zero-order valence-corrected chi connectivity index (χ0v) is 19.2. The summed E-state index contributed by atoms with van der Waals surface area (Å²) in [4.78, 5) is 42.8. The fourth-order valence-corrected chi connectivity index (χ4v) is 5.04. The van der Waals surface area contributed by atoms with Gasteiger partial charge in [0.25, 0.3) is 5.56 Å². The van der Waals surface area contributed by atoms with Gasteiger partial charge in [0.2, 0.25) is 5.91 Å². The van der Waals surface area contributed by atoms with Crippen molar-refractivity contribution >= 4 is 22.8 Å². The molecular weight excluding hydrogens is 457 g/mol. The van der Waals surface area contributed by atoms with Crippen molar-refractivity contribution in [1.29, 1.82) is 0 Å². The van der Waals surface area contributed by atoms with Crippen LogP contribution < -0.4 is 10.9 Å². The first-order valence-corrected chi connectivity index (χ1v) is 11.1. The van der Waals surface area contributed by atoms with Crippen LogP contribution in [0.25, 0.3) is 22.3 Å². The van der Waals surface area contributed by atoms with E-state index < -0.39 is 41.5 Å². The Morgan fingerprint density at radius 3 is 2.80 bits per heavy atom. The Labute approximate surface area is 202 Å². The number of nitrogens with zero attached hydrogens (tertiary/aromatic N) is 2. The third kappa shape index (κ3) is 3.28. The number of carbonyl (C=O) groups excluding carboxylic acids is 2. The first-order valence-electron chi connectivity index (χ1n) is 12.1. The summed E-state index contributed by atoms with van der Waals surface area (Å²) in [6.45, 7) is 1.34. The van der Waals surface area contributed by atoms with Crippen molar-refractivity contribution in [2.45, 2.75) is 52.0 Å². The number of nitrogens with one attached hydrogen (secondary N) is 1. The molecule has 10 heteroatoms. The van der Waals surface area contributed by atoms with Gasteiger partial charge < -0.3 is 24.8 Å². The van der Waals surface area contributed by atoms with Crippen LogP contribution in [-0.4, -0.2) is 38.2 Å². The van der Waals surface area contributed by atoms with Crippen LogP contribution in [0.2, 0.25) is 0 Å². The van der Waals surface area contributed by atoms with E-state index in [0.717, 1.165) is 0 Å². The van der Waals surface area contributed by atoms with Gasteiger partial charge in [-0.3, -0.25) is 9.59 Å². The third-order valence-corrected chi connectivity index (χ3v) is 6.89. The van der Waals surface area contributed by atoms with Gasteiger partial charge in [0, 0.05) is 22.6 Å². The Balaban J connectivity index is 1.79. The zero-order valence-electron chi connectivity index (χ0n) is 21.2. The van der Waals surface area contributed by atoms with Crippen LogP contribution in [0.4, 0.5) is 4.39 Å². The van der Waals surface area contributed by atoms with E-state index in [-0.39, 0.29) is 36.2 Å². The van der Waals surface area contributed by atoms with Crippen molar-refractivity contribution in [3.05, 3.63) is 62.2 Å². The van der Waals surface area contributed by atoms with Crippen LogP contribution in [-0.2, 0) is 33.1 Å². The van der Waals surface area contributed by atoms with Gasteiger partial charge in [-0.15, -0.1) is 0 Å². The monoisotopic (exact) mass is 483 g/mol. The normalized spacial score (nSPS) is 20.3. The van der Waals surface area contributed by atoms with Gasteiger partial charge >= 0.3 is 5.97 Å². The number of aliphatic hydroxyl groups is 2. The maximum atomic E-state index is 14.5. The average Bonchev–Trinajstić information content (AvgIpc) is 3.19. The largest absolute Gasteiger partial charge is 0.458 e. The van der Waals surface area contributed by atoms with E-state index in [1.54, 1.807) is 26.8 Å². The number of cyclic esters (lactones) is 1. The smallest absolute Gasteiger partial charge is 0.343 e. The molecule has 5 rings (SSSR count). The molecule has 35 heavy (non-hydrogen) atoms. The lowest BCUT2D eigenvalue weighted by atomic mass is 9.86. The number of hydrogen-bond acceptors (Lipinski definition) is 7. The van der Waals surface area contributed by atoms with E-state index in [4.69, 9.17) is 7.48 Å². The number of amides is 1. The minimum Gasteiger partial charge on any atom is -0.458 e. The van der Waals surface area contributed by atoms with Crippen molar-refractivity contribution in [1.82, 2.24) is 14.9 Å². The van der Waals surface area contributed by atoms with E-state index in [9.17, 15) is 29.0 Å². The number of esters is 1. The summed E-state index contributed by atoms with van der Waals surface area (Å²) in [6.07, 6.45) is -0.0261. The molecule has 3 aromatic rings. The number of carbonyl (C=O) groups is 2. The number of aromatic nitrogens is 2. The summed E-state index contributed by atoms with van der Waals surface area (Å²) in [7, 11) is 0. The summed E-state index contributed by atoms with van der Waals surface area (Å²) in [5.41, 5.74) is -0.0696. The summed E-state index contributed by atoms with van der Waals surface area (Å²) < 4.78 is 35.7. The second kappa shape index (κ2) is 7.96. The number of hydrogen-bond donors (Lipinski definition) is 3. The molecule has 0 fully saturated rings. The molecule has 3 N–H and O–H groups in total. The van der Waals surface area contributed by atoms with Crippen molar-refractivity contribution in [2.75, 3.05) is 6.56 Å². The summed E-state index contributed by atoms with van der Waals surface area (Å²) >= 11 is 0. The van der Waals surface area contributed by atoms with Crippen molar-refractivity contribution in [3.63, 3.8) is 0 Å². The fraction of sp³-hybridized carbons (Fsp3) is 0.360. The molecule has 1 amide bonds. The second-order valence-corrected chi connectivity index (χ2v) is 8.88. The van der Waals surface area contributed by atoms with Crippen molar-refractivity contribution in [3.8, 4) is 11.4 Å². The number of halogens is 1. The maximum absolute atomic E-state index is 14.5. The number of pyridine rings is 2. The highest BCUT2D eigenvalue weighted by molar-refractivity contribution is 5.90. The first-order chi connectivity index (χ1) is 17.3. The second-order valence-electron chi connectivity index (χ2n) is 8.88. The molecule has 0 saturated carbocycles. The van der Waals surface area contributed by atoms with Crippen LogP contribution in [0.5, 0.6) is 0 Å². The molecule has 9 nitrogen and oxygen atoms in total. The van der Waals surface area contributed by atoms with Gasteiger partial charge in [-0.2, -0.15) is 0 Å². The van der Waals surface area contributed by atoms with Gasteiger partial charge in [0.1, 0.15) is 19.0 Å². The fourth-order valence-electron chi connectivity index (χ4n) is 5.04. The molecule has 0 bridgehead atoms. The topological polar surface area (TPSA) is 131 Å². The number of aryl methyl sites for hydroxylation is 1. The minimum atomic E-state index is -3.13. The lowest BCUT2D eigenvalue weighted by Gasteiger charge is -2.31. The molecule has 0 spiro atoms. The third-order valence-electron chi connectivity index (χ3n) is 6.89. The predicted molar refractivity (Wildman–Crippen MR) is 123 cm³/mol. The molecular formula is C25H24FN3O6. The van der Waals surface area contributed by atoms with Crippen LogP contribution in [0.3, 0.4) is 0 Å². The highest BCUT2D eigenvalue weighted by Crippen LogP contribution is 2.41. The summed E-state index contributed by atoms with van der Waals surface area (Å²) in [5, 5.41) is 23.5. The Kier molecular flexibility index (Phi) is 4.71. The molecule has 2 aliphatic heterocycles. The number of benzene rings is 1. The standard InChI is InChI=1S/C25H24FN3O6/c1-4-25(34)16-6-19-22-14(8-29(19)23(32)15(16)10-35-24(25)33)21(12(3)27-20(31)9-30)13-5-11(2)17(26)7-18(13)28-22/h5-7,12,30,34H,4,8-10H2,1-3H3,(H,27,31)/t12-,25+/m1/s1/i9D2. The molecule has 0 saturated heterocycles. The molecule has 0 unspecified atom stereocenters. The molecule has 4 heterocycles. The highest BCUT2D eigenvalue weighted by atomic mass is 19.1. The lowest BCUT2D eigenvalue weighted by molar-refractivity contribution is -0.172. The number of rotatable bonds is 4. The molecule has 0 aliphatic carbocycles. The Bertz CT molecular complexity index is 1580. The summed E-state index contributed by atoms with van der Waals surface area (Å²) in [6, 6.07) is 3.45. The van der Waals surface area contributed by atoms with E-state index in [2.05, 4.69) is 10.3 Å². The first kappa shape index (κ1) is 20.7. The molecule has 182 valence electrons. The predicted octanol–water partition coefficient (Wildman–Crippen LogP) is 1.70. The molecule has 2 aromatic heterocycles. The molecule has 1 aromatic carbocycles. The van der Waals surface area contributed by atoms with Crippen LogP contribution in [0, 0.1) is 12.7 Å². The molecule has 0 radical (unpaired) electrons. The maximum Gasteiger partial charge on any atom is 0.343 e. The van der Waals surface area contributed by atoms with Crippen LogP contribution >= 0.6 is 0 Å². The quantitative estimate of drug-likeness (QED) is 0.377. The van der Waals surface area contributed by atoms with Gasteiger partial charge in [-0.1, -0.05) is 6.92 Å². The Morgan fingerprint density at radius 2 is 2.11 bits per heavy atom. The Morgan fingerprint density at radius 1 is 1.37 bits per heavy atom. The number of ether oxygens (including phenoxy) is 1. The van der Waals surface area contributed by atoms with Crippen molar-refractivity contribution in [2.24, 2.45) is 0 Å². The van der Waals surface area contributed by atoms with Gasteiger partial charge in [-0.05, 0) is 43.5 Å². The zero-order chi connectivity index (χ0) is 27.0. The van der Waals surface area contributed by atoms with E-state index in [1.165, 1.54) is 16.7 Å². The highest BCUT2D eigenvalue weighted by Gasteiger charge is 2.45. The minimum absolute atomic E-state index is 0.0240. The van der Waals surface area contributed by atoms with E-state index in [1.807, 2.05) is 0 Å². The van der Waals surface area contributed by atoms with Crippen LogP contribution in [0.1, 0.15) is 56.9 Å². The van der Waals surface area contributed by atoms with Crippen LogP contribution in [0.15, 0.2) is 23.0 Å². The van der Waals surface area contributed by atoms with Gasteiger partial charge in [-0.25, -0.2) is 14.2 Å². The SMILES string of the molecule is [2H]C([2H])(O)C(=O)N[C@H](C)c1c2c(nc3cc(F)c(C)cc13)-c1cc3c(c(=O)n1C2)COC(=O)[C@]3(O)CC.